The van der Waals surface area contributed by atoms with E-state index in [1.807, 2.05) is 110 Å². The van der Waals surface area contributed by atoms with Gasteiger partial charge >= 0.3 is 0 Å². The second kappa shape index (κ2) is 10.1. The lowest BCUT2D eigenvalue weighted by atomic mass is 10.1. The van der Waals surface area contributed by atoms with Crippen LogP contribution in [0.2, 0.25) is 0 Å². The van der Waals surface area contributed by atoms with E-state index in [4.69, 9.17) is 4.74 Å². The number of nitrogens with zero attached hydrogens (tertiary/aromatic N) is 1. The van der Waals surface area contributed by atoms with E-state index in [2.05, 4.69) is 0 Å². The van der Waals surface area contributed by atoms with Crippen molar-refractivity contribution in [1.82, 2.24) is 0 Å². The molecule has 0 bridgehead atoms. The highest BCUT2D eigenvalue weighted by Crippen LogP contribution is 2.16. The minimum Gasteiger partial charge on any atom is -0.489 e. The van der Waals surface area contributed by atoms with Crippen LogP contribution in [0.4, 0.5) is 5.69 Å². The van der Waals surface area contributed by atoms with E-state index in [0.717, 1.165) is 28.1 Å². The number of rotatable bonds is 8. The number of hydrogen-bond donors (Lipinski definition) is 0. The summed E-state index contributed by atoms with van der Waals surface area (Å²) in [7, 11) is 4.00. The van der Waals surface area contributed by atoms with Gasteiger partial charge in [-0.1, -0.05) is 66.7 Å². The first-order chi connectivity index (χ1) is 14.1. The molecule has 0 unspecified atom stereocenters. The lowest BCUT2D eigenvalue weighted by molar-refractivity contribution is -0.110. The lowest BCUT2D eigenvalue weighted by Gasteiger charge is -2.11. The second-order valence-corrected chi connectivity index (χ2v) is 6.90. The van der Waals surface area contributed by atoms with E-state index < -0.39 is 0 Å². The first-order valence-electron chi connectivity index (χ1n) is 9.54. The van der Waals surface area contributed by atoms with Crippen molar-refractivity contribution in [3.05, 3.63) is 108 Å². The van der Waals surface area contributed by atoms with Crippen LogP contribution >= 0.6 is 0 Å². The average molecular weight is 383 g/mol. The van der Waals surface area contributed by atoms with Crippen LogP contribution in [0.3, 0.4) is 0 Å². The summed E-state index contributed by atoms with van der Waals surface area (Å²) in [6, 6.07) is 25.8. The summed E-state index contributed by atoms with van der Waals surface area (Å²) in [5.74, 6) is 0.754. The zero-order valence-electron chi connectivity index (χ0n) is 16.8. The van der Waals surface area contributed by atoms with Gasteiger partial charge in [0.15, 0.2) is 5.78 Å². The van der Waals surface area contributed by atoms with Crippen molar-refractivity contribution < 1.29 is 9.53 Å². The Morgan fingerprint density at radius 1 is 0.793 bits per heavy atom. The molecule has 0 fully saturated rings. The minimum absolute atomic E-state index is 0.0499. The second-order valence-electron chi connectivity index (χ2n) is 6.90. The van der Waals surface area contributed by atoms with Gasteiger partial charge in [-0.05, 0) is 53.1 Å². The molecule has 0 heterocycles. The fraction of sp³-hybridized carbons (Fsp3) is 0.115. The molecule has 0 aromatic heterocycles. The van der Waals surface area contributed by atoms with Crippen LogP contribution in [0.5, 0.6) is 5.75 Å². The summed E-state index contributed by atoms with van der Waals surface area (Å²) >= 11 is 0. The topological polar surface area (TPSA) is 29.5 Å². The Balaban J connectivity index is 1.51. The Bertz CT molecular complexity index is 969. The van der Waals surface area contributed by atoms with Crippen molar-refractivity contribution in [3.8, 4) is 5.75 Å². The quantitative estimate of drug-likeness (QED) is 0.472. The Kier molecular flexibility index (Phi) is 7.01. The average Bonchev–Trinajstić information content (AvgIpc) is 2.76. The molecule has 3 rings (SSSR count). The van der Waals surface area contributed by atoms with Crippen molar-refractivity contribution in [2.45, 2.75) is 6.61 Å². The number of benzene rings is 3. The number of carbonyl (C=O) groups is 1. The third-order valence-electron chi connectivity index (χ3n) is 4.42. The van der Waals surface area contributed by atoms with Gasteiger partial charge in [-0.25, -0.2) is 0 Å². The summed E-state index contributed by atoms with van der Waals surface area (Å²) in [6.45, 7) is 0.537. The smallest absolute Gasteiger partial charge is 0.178 e. The van der Waals surface area contributed by atoms with Crippen molar-refractivity contribution in [1.29, 1.82) is 0 Å². The highest BCUT2D eigenvalue weighted by atomic mass is 16.5. The molecule has 3 nitrogen and oxygen atoms in total. The maximum atomic E-state index is 12.1. The molecule has 0 saturated carbocycles. The highest BCUT2D eigenvalue weighted by molar-refractivity contribution is 6.04. The van der Waals surface area contributed by atoms with Crippen molar-refractivity contribution in [2.75, 3.05) is 19.0 Å². The first kappa shape index (κ1) is 20.2. The Hall–Kier alpha value is -3.59. The third kappa shape index (κ3) is 6.51. The maximum absolute atomic E-state index is 12.1. The number of ketones is 1. The maximum Gasteiger partial charge on any atom is 0.178 e. The fourth-order valence-electron chi connectivity index (χ4n) is 2.71. The molecule has 0 atom stereocenters. The summed E-state index contributed by atoms with van der Waals surface area (Å²) in [4.78, 5) is 14.1. The predicted molar refractivity (Wildman–Crippen MR) is 121 cm³/mol. The molecule has 0 aliphatic heterocycles. The van der Waals surface area contributed by atoms with Gasteiger partial charge < -0.3 is 9.64 Å². The van der Waals surface area contributed by atoms with Crippen LogP contribution in [0, 0.1) is 0 Å². The fourth-order valence-corrected chi connectivity index (χ4v) is 2.71. The van der Waals surface area contributed by atoms with Gasteiger partial charge in [0, 0.05) is 19.8 Å². The Labute approximate surface area is 172 Å². The summed E-state index contributed by atoms with van der Waals surface area (Å²) < 4.78 is 5.78. The van der Waals surface area contributed by atoms with Gasteiger partial charge in [0.25, 0.3) is 0 Å². The summed E-state index contributed by atoms with van der Waals surface area (Å²) in [5.41, 5.74) is 4.21. The molecule has 0 spiro atoms. The number of allylic oxidation sites excluding steroid dienone is 2. The van der Waals surface area contributed by atoms with Gasteiger partial charge in [-0.2, -0.15) is 0 Å². The van der Waals surface area contributed by atoms with E-state index in [1.165, 1.54) is 0 Å². The normalized spacial score (nSPS) is 11.1. The van der Waals surface area contributed by atoms with Crippen LogP contribution < -0.4 is 9.64 Å². The van der Waals surface area contributed by atoms with E-state index >= 15 is 0 Å². The molecule has 0 saturated heterocycles. The van der Waals surface area contributed by atoms with Crippen LogP contribution in [-0.2, 0) is 11.4 Å². The van der Waals surface area contributed by atoms with Crippen molar-refractivity contribution in [2.24, 2.45) is 0 Å². The van der Waals surface area contributed by atoms with Crippen LogP contribution in [0.15, 0.2) is 91.0 Å². The molecular weight excluding hydrogens is 358 g/mol. The molecular formula is C26H25NO2. The molecule has 146 valence electrons. The molecule has 0 N–H and O–H groups in total. The number of hydrogen-bond acceptors (Lipinski definition) is 3. The minimum atomic E-state index is -0.0499. The Morgan fingerprint density at radius 3 is 1.90 bits per heavy atom. The zero-order chi connectivity index (χ0) is 20.5. The summed E-state index contributed by atoms with van der Waals surface area (Å²) in [5, 5.41) is 0. The standard InChI is InChI=1S/C26H25NO2/c1-27(2)24-14-8-21(9-15-24)10-16-25(28)17-11-22-12-18-26(19-13-22)29-20-23-6-4-3-5-7-23/h3-19H,20H2,1-2H3/b16-10+,17-11+. The molecule has 0 amide bonds. The number of anilines is 1. The van der Waals surface area contributed by atoms with E-state index in [1.54, 1.807) is 12.2 Å². The van der Waals surface area contributed by atoms with E-state index in [-0.39, 0.29) is 5.78 Å². The van der Waals surface area contributed by atoms with E-state index in [9.17, 15) is 4.79 Å². The molecule has 0 aliphatic carbocycles. The molecule has 0 aliphatic rings. The molecule has 3 aromatic carbocycles. The highest BCUT2D eigenvalue weighted by Gasteiger charge is 1.97. The zero-order valence-corrected chi connectivity index (χ0v) is 16.8. The SMILES string of the molecule is CN(C)c1ccc(/C=C/C(=O)/C=C/c2ccc(OCc3ccccc3)cc2)cc1. The van der Waals surface area contributed by atoms with Crippen LogP contribution in [-0.4, -0.2) is 19.9 Å². The number of carbonyl (C=O) groups excluding carboxylic acids is 1. The number of ether oxygens (including phenoxy) is 1. The van der Waals surface area contributed by atoms with Gasteiger partial charge in [-0.3, -0.25) is 4.79 Å². The van der Waals surface area contributed by atoms with Crippen molar-refractivity contribution >= 4 is 23.6 Å². The van der Waals surface area contributed by atoms with Gasteiger partial charge in [0.2, 0.25) is 0 Å². The largest absolute Gasteiger partial charge is 0.489 e. The van der Waals surface area contributed by atoms with Gasteiger partial charge in [0.05, 0.1) is 0 Å². The molecule has 0 radical (unpaired) electrons. The van der Waals surface area contributed by atoms with Gasteiger partial charge in [0.1, 0.15) is 12.4 Å². The lowest BCUT2D eigenvalue weighted by Crippen LogP contribution is -2.07. The van der Waals surface area contributed by atoms with E-state index in [0.29, 0.717) is 6.61 Å². The summed E-state index contributed by atoms with van der Waals surface area (Å²) in [6.07, 6.45) is 6.79. The van der Waals surface area contributed by atoms with Crippen molar-refractivity contribution in [3.63, 3.8) is 0 Å². The molecule has 29 heavy (non-hydrogen) atoms. The molecule has 3 aromatic rings. The monoisotopic (exact) mass is 383 g/mol. The van der Waals surface area contributed by atoms with Crippen LogP contribution in [0.1, 0.15) is 16.7 Å². The third-order valence-corrected chi connectivity index (χ3v) is 4.42. The predicted octanol–water partition coefficient (Wildman–Crippen LogP) is 5.63. The Morgan fingerprint density at radius 2 is 1.34 bits per heavy atom. The first-order valence-corrected chi connectivity index (χ1v) is 9.54. The molecule has 3 heteroatoms. The van der Waals surface area contributed by atoms with Crippen LogP contribution in [0.25, 0.3) is 12.2 Å². The van der Waals surface area contributed by atoms with Gasteiger partial charge in [-0.15, -0.1) is 0 Å².